The van der Waals surface area contributed by atoms with E-state index in [0.29, 0.717) is 6.54 Å². The summed E-state index contributed by atoms with van der Waals surface area (Å²) < 4.78 is 0. The lowest BCUT2D eigenvalue weighted by Crippen LogP contribution is -2.45. The number of amides is 1. The maximum Gasteiger partial charge on any atom is 0.335 e. The average molecular weight is 274 g/mol. The lowest BCUT2D eigenvalue weighted by molar-refractivity contribution is -0.134. The van der Waals surface area contributed by atoms with Gasteiger partial charge in [0.25, 0.3) is 0 Å². The lowest BCUT2D eigenvalue weighted by atomic mass is 9.97. The van der Waals surface area contributed by atoms with E-state index in [0.717, 1.165) is 43.5 Å². The smallest absolute Gasteiger partial charge is 0.335 e. The number of nitrogens with one attached hydrogen (secondary N) is 1. The molecule has 20 heavy (non-hydrogen) atoms. The summed E-state index contributed by atoms with van der Waals surface area (Å²) in [5.74, 6) is -0.775. The van der Waals surface area contributed by atoms with Crippen molar-refractivity contribution in [3.8, 4) is 0 Å². The lowest BCUT2D eigenvalue weighted by Gasteiger charge is -2.31. The summed E-state index contributed by atoms with van der Waals surface area (Å²) in [5, 5.41) is 12.3. The Hall–Kier alpha value is -1.88. The highest BCUT2D eigenvalue weighted by Gasteiger charge is 2.29. The van der Waals surface area contributed by atoms with E-state index in [1.807, 2.05) is 11.0 Å². The highest BCUT2D eigenvalue weighted by atomic mass is 16.4. The van der Waals surface area contributed by atoms with Crippen LogP contribution in [0.3, 0.4) is 0 Å². The number of carboxylic acid groups (broad SMARTS) is 1. The molecule has 0 bridgehead atoms. The Bertz CT molecular complexity index is 550. The quantitative estimate of drug-likeness (QED) is 0.845. The van der Waals surface area contributed by atoms with Gasteiger partial charge in [-0.2, -0.15) is 0 Å². The van der Waals surface area contributed by atoms with Gasteiger partial charge in [0.1, 0.15) is 0 Å². The van der Waals surface area contributed by atoms with Gasteiger partial charge in [-0.3, -0.25) is 4.79 Å². The molecule has 0 spiro atoms. The highest BCUT2D eigenvalue weighted by molar-refractivity contribution is 5.88. The molecule has 2 N–H and O–H groups in total. The Balaban J connectivity index is 1.78. The van der Waals surface area contributed by atoms with Gasteiger partial charge in [0.05, 0.1) is 11.6 Å². The van der Waals surface area contributed by atoms with Gasteiger partial charge < -0.3 is 15.3 Å². The van der Waals surface area contributed by atoms with E-state index in [1.54, 1.807) is 12.1 Å². The molecule has 5 heteroatoms. The molecule has 1 aromatic carbocycles. The number of aromatic carboxylic acids is 1. The molecule has 2 heterocycles. The van der Waals surface area contributed by atoms with Crippen molar-refractivity contribution >= 4 is 11.9 Å². The Morgan fingerprint density at radius 3 is 2.85 bits per heavy atom. The molecule has 1 saturated heterocycles. The fourth-order valence-electron chi connectivity index (χ4n) is 2.99. The van der Waals surface area contributed by atoms with E-state index >= 15 is 0 Å². The first-order chi connectivity index (χ1) is 9.65. The monoisotopic (exact) mass is 274 g/mol. The summed E-state index contributed by atoms with van der Waals surface area (Å²) in [6.07, 6.45) is 2.75. The Labute approximate surface area is 117 Å². The van der Waals surface area contributed by atoms with Crippen molar-refractivity contribution < 1.29 is 14.7 Å². The zero-order valence-electron chi connectivity index (χ0n) is 11.3. The zero-order chi connectivity index (χ0) is 14.1. The number of carbonyl (C=O) groups excluding carboxylic acids is 1. The molecule has 0 aliphatic carbocycles. The Morgan fingerprint density at radius 2 is 2.15 bits per heavy atom. The zero-order valence-corrected chi connectivity index (χ0v) is 11.3. The van der Waals surface area contributed by atoms with Crippen LogP contribution in [-0.2, 0) is 17.8 Å². The minimum atomic E-state index is -0.922. The summed E-state index contributed by atoms with van der Waals surface area (Å²) >= 11 is 0. The molecule has 5 nitrogen and oxygen atoms in total. The summed E-state index contributed by atoms with van der Waals surface area (Å²) in [6, 6.07) is 5.14. The van der Waals surface area contributed by atoms with Gasteiger partial charge in [0.2, 0.25) is 5.91 Å². The largest absolute Gasteiger partial charge is 0.478 e. The molecule has 1 aromatic rings. The minimum Gasteiger partial charge on any atom is -0.478 e. The predicted octanol–water partition coefficient (Wildman–Crippen LogP) is 1.02. The van der Waals surface area contributed by atoms with Crippen LogP contribution in [0.25, 0.3) is 0 Å². The normalized spacial score (nSPS) is 21.6. The number of hydrogen-bond donors (Lipinski definition) is 2. The molecule has 0 unspecified atom stereocenters. The van der Waals surface area contributed by atoms with E-state index in [4.69, 9.17) is 5.11 Å². The second-order valence-corrected chi connectivity index (χ2v) is 5.45. The Morgan fingerprint density at radius 1 is 1.30 bits per heavy atom. The number of benzene rings is 1. The summed E-state index contributed by atoms with van der Waals surface area (Å²) in [5.41, 5.74) is 2.40. The molecule has 0 saturated carbocycles. The van der Waals surface area contributed by atoms with Crippen molar-refractivity contribution in [2.24, 2.45) is 0 Å². The summed E-state index contributed by atoms with van der Waals surface area (Å²) in [7, 11) is 0. The SMILES string of the molecule is O=C(O)c1ccc2c(c1)CN(C(=O)[C@@H]1CCCN1)CC2. The van der Waals surface area contributed by atoms with E-state index in [-0.39, 0.29) is 17.5 Å². The van der Waals surface area contributed by atoms with Crippen molar-refractivity contribution in [2.45, 2.75) is 31.8 Å². The second-order valence-electron chi connectivity index (χ2n) is 5.45. The van der Waals surface area contributed by atoms with E-state index in [1.165, 1.54) is 0 Å². The fraction of sp³-hybridized carbons (Fsp3) is 0.467. The van der Waals surface area contributed by atoms with Crippen LogP contribution in [-0.4, -0.2) is 41.0 Å². The number of fused-ring (bicyclic) bond motifs is 1. The molecule has 0 radical (unpaired) electrons. The molecule has 0 aromatic heterocycles. The number of nitrogens with zero attached hydrogens (tertiary/aromatic N) is 1. The molecule has 1 atom stereocenters. The van der Waals surface area contributed by atoms with Gasteiger partial charge in [-0.25, -0.2) is 4.79 Å². The molecular formula is C15H18N2O3. The number of rotatable bonds is 2. The van der Waals surface area contributed by atoms with Crippen LogP contribution >= 0.6 is 0 Å². The maximum atomic E-state index is 12.4. The second kappa shape index (κ2) is 5.25. The molecule has 2 aliphatic rings. The van der Waals surface area contributed by atoms with Gasteiger partial charge in [0.15, 0.2) is 0 Å². The predicted molar refractivity (Wildman–Crippen MR) is 73.5 cm³/mol. The van der Waals surface area contributed by atoms with Crippen LogP contribution in [0.15, 0.2) is 18.2 Å². The van der Waals surface area contributed by atoms with E-state index in [2.05, 4.69) is 5.32 Å². The van der Waals surface area contributed by atoms with E-state index in [9.17, 15) is 9.59 Å². The number of carbonyl (C=O) groups is 2. The molecule has 1 fully saturated rings. The van der Waals surface area contributed by atoms with Crippen molar-refractivity contribution in [1.82, 2.24) is 10.2 Å². The maximum absolute atomic E-state index is 12.4. The van der Waals surface area contributed by atoms with Crippen LogP contribution in [0.1, 0.15) is 34.3 Å². The van der Waals surface area contributed by atoms with Crippen LogP contribution in [0, 0.1) is 0 Å². The molecular weight excluding hydrogens is 256 g/mol. The summed E-state index contributed by atoms with van der Waals surface area (Å²) in [6.45, 7) is 2.15. The minimum absolute atomic E-state index is 0.0563. The van der Waals surface area contributed by atoms with Gasteiger partial charge in [-0.15, -0.1) is 0 Å². The first kappa shape index (κ1) is 13.1. The molecule has 1 amide bonds. The van der Waals surface area contributed by atoms with E-state index < -0.39 is 5.97 Å². The van der Waals surface area contributed by atoms with Crippen molar-refractivity contribution in [3.63, 3.8) is 0 Å². The van der Waals surface area contributed by atoms with Gasteiger partial charge >= 0.3 is 5.97 Å². The van der Waals surface area contributed by atoms with Crippen molar-refractivity contribution in [2.75, 3.05) is 13.1 Å². The third-order valence-corrected chi connectivity index (χ3v) is 4.14. The average Bonchev–Trinajstić information content (AvgIpc) is 2.99. The number of carboxylic acids is 1. The third kappa shape index (κ3) is 2.41. The number of hydrogen-bond acceptors (Lipinski definition) is 3. The van der Waals surface area contributed by atoms with Crippen LogP contribution in [0.4, 0.5) is 0 Å². The standard InChI is InChI=1S/C15H18N2O3/c18-14(13-2-1-6-16-13)17-7-5-10-3-4-11(15(19)20)8-12(10)9-17/h3-4,8,13,16H,1-2,5-7,9H2,(H,19,20)/t13-/m0/s1. The van der Waals surface area contributed by atoms with Crippen LogP contribution < -0.4 is 5.32 Å². The van der Waals surface area contributed by atoms with Crippen LogP contribution in [0.2, 0.25) is 0 Å². The first-order valence-corrected chi connectivity index (χ1v) is 7.02. The van der Waals surface area contributed by atoms with Gasteiger partial charge in [-0.1, -0.05) is 6.07 Å². The molecule has 106 valence electrons. The van der Waals surface area contributed by atoms with Crippen LogP contribution in [0.5, 0.6) is 0 Å². The topological polar surface area (TPSA) is 69.6 Å². The fourth-order valence-corrected chi connectivity index (χ4v) is 2.99. The first-order valence-electron chi connectivity index (χ1n) is 7.02. The summed E-state index contributed by atoms with van der Waals surface area (Å²) in [4.78, 5) is 25.2. The third-order valence-electron chi connectivity index (χ3n) is 4.14. The molecule has 2 aliphatic heterocycles. The van der Waals surface area contributed by atoms with Gasteiger partial charge in [-0.05, 0) is 49.1 Å². The highest BCUT2D eigenvalue weighted by Crippen LogP contribution is 2.22. The Kier molecular flexibility index (Phi) is 3.44. The van der Waals surface area contributed by atoms with Crippen molar-refractivity contribution in [3.05, 3.63) is 34.9 Å². The van der Waals surface area contributed by atoms with Crippen molar-refractivity contribution in [1.29, 1.82) is 0 Å². The molecule has 3 rings (SSSR count). The van der Waals surface area contributed by atoms with Gasteiger partial charge in [0, 0.05) is 13.1 Å².